The highest BCUT2D eigenvalue weighted by molar-refractivity contribution is 5.51. The molecule has 2 aromatic carbocycles. The highest BCUT2D eigenvalue weighted by Gasteiger charge is 2.10. The van der Waals surface area contributed by atoms with Crippen LogP contribution in [0.25, 0.3) is 0 Å². The molecule has 0 amide bonds. The van der Waals surface area contributed by atoms with Crippen molar-refractivity contribution in [1.82, 2.24) is 0 Å². The molecule has 0 fully saturated rings. The molecule has 3 heteroatoms. The maximum Gasteiger partial charge on any atom is 0.131 e. The van der Waals surface area contributed by atoms with E-state index in [-0.39, 0.29) is 0 Å². The van der Waals surface area contributed by atoms with Gasteiger partial charge < -0.3 is 4.74 Å². The summed E-state index contributed by atoms with van der Waals surface area (Å²) in [7, 11) is 0. The van der Waals surface area contributed by atoms with Crippen molar-refractivity contribution in [1.29, 1.82) is 10.5 Å². The Morgan fingerprint density at radius 1 is 0.952 bits per heavy atom. The van der Waals surface area contributed by atoms with Crippen molar-refractivity contribution in [2.75, 3.05) is 0 Å². The summed E-state index contributed by atoms with van der Waals surface area (Å²) in [6.07, 6.45) is 0. The largest absolute Gasteiger partial charge is 0.457 e. The van der Waals surface area contributed by atoms with Gasteiger partial charge in [0.1, 0.15) is 23.6 Å². The fraction of sp³-hybridized carbons (Fsp3) is 0.222. The highest BCUT2D eigenvalue weighted by Crippen LogP contribution is 2.32. The molecule has 0 N–H and O–H groups in total. The fourth-order valence-electron chi connectivity index (χ4n) is 2.11. The summed E-state index contributed by atoms with van der Waals surface area (Å²) >= 11 is 0. The van der Waals surface area contributed by atoms with Crippen molar-refractivity contribution in [3.8, 4) is 23.6 Å². The van der Waals surface area contributed by atoms with Crippen molar-refractivity contribution < 1.29 is 4.74 Å². The number of hydrogen-bond acceptors (Lipinski definition) is 3. The van der Waals surface area contributed by atoms with E-state index < -0.39 is 0 Å². The number of hydrogen-bond donors (Lipinski definition) is 0. The van der Waals surface area contributed by atoms with E-state index in [1.165, 1.54) is 0 Å². The minimum Gasteiger partial charge on any atom is -0.457 e. The molecule has 0 aromatic heterocycles. The zero-order valence-corrected chi connectivity index (χ0v) is 12.3. The van der Waals surface area contributed by atoms with Gasteiger partial charge in [-0.3, -0.25) is 0 Å². The summed E-state index contributed by atoms with van der Waals surface area (Å²) in [6.45, 7) is 6.23. The van der Waals surface area contributed by atoms with Gasteiger partial charge in [0.25, 0.3) is 0 Å². The topological polar surface area (TPSA) is 56.8 Å². The SMILES string of the molecule is Cc1ccc(C(C)C)c(Oc2ccc(C#N)c(C#N)c2)c1. The number of aryl methyl sites for hydroxylation is 1. The van der Waals surface area contributed by atoms with Crippen LogP contribution in [-0.2, 0) is 0 Å². The van der Waals surface area contributed by atoms with Crippen molar-refractivity contribution >= 4 is 0 Å². The molecule has 0 aliphatic rings. The first-order valence-corrected chi connectivity index (χ1v) is 6.77. The molecule has 2 aromatic rings. The Hall–Kier alpha value is -2.78. The molecule has 0 heterocycles. The molecule has 0 spiro atoms. The summed E-state index contributed by atoms with van der Waals surface area (Å²) in [5.74, 6) is 1.70. The molecule has 0 aliphatic heterocycles. The average molecular weight is 276 g/mol. The molecule has 0 aliphatic carbocycles. The van der Waals surface area contributed by atoms with E-state index in [0.717, 1.165) is 16.9 Å². The van der Waals surface area contributed by atoms with Gasteiger partial charge in [-0.15, -0.1) is 0 Å². The van der Waals surface area contributed by atoms with Crippen LogP contribution in [0.2, 0.25) is 0 Å². The lowest BCUT2D eigenvalue weighted by Gasteiger charge is -2.15. The Kier molecular flexibility index (Phi) is 4.26. The van der Waals surface area contributed by atoms with Crippen molar-refractivity contribution in [3.05, 3.63) is 58.7 Å². The lowest BCUT2D eigenvalue weighted by atomic mass is 10.0. The van der Waals surface area contributed by atoms with Crippen molar-refractivity contribution in [3.63, 3.8) is 0 Å². The normalized spacial score (nSPS) is 10.0. The predicted molar refractivity (Wildman–Crippen MR) is 81.2 cm³/mol. The maximum atomic E-state index is 9.07. The Labute approximate surface area is 125 Å². The third kappa shape index (κ3) is 3.22. The Morgan fingerprint density at radius 2 is 1.67 bits per heavy atom. The van der Waals surface area contributed by atoms with Crippen LogP contribution in [0.5, 0.6) is 11.5 Å². The number of ether oxygens (including phenoxy) is 1. The van der Waals surface area contributed by atoms with Crippen LogP contribution in [0.3, 0.4) is 0 Å². The van der Waals surface area contributed by atoms with E-state index >= 15 is 0 Å². The van der Waals surface area contributed by atoms with Gasteiger partial charge in [0.2, 0.25) is 0 Å². The standard InChI is InChI=1S/C18H16N2O/c1-12(2)17-7-4-13(3)8-18(17)21-16-6-5-14(10-19)15(9-16)11-20/h4-9,12H,1-3H3. The first-order chi connectivity index (χ1) is 10.0. The fourth-order valence-corrected chi connectivity index (χ4v) is 2.11. The smallest absolute Gasteiger partial charge is 0.131 e. The number of rotatable bonds is 3. The Bertz CT molecular complexity index is 749. The second-order valence-corrected chi connectivity index (χ2v) is 5.23. The summed E-state index contributed by atoms with van der Waals surface area (Å²) < 4.78 is 5.93. The lowest BCUT2D eigenvalue weighted by Crippen LogP contribution is -1.95. The Balaban J connectivity index is 2.41. The average Bonchev–Trinajstić information content (AvgIpc) is 2.46. The Morgan fingerprint density at radius 3 is 2.29 bits per heavy atom. The highest BCUT2D eigenvalue weighted by atomic mass is 16.5. The van der Waals surface area contributed by atoms with Gasteiger partial charge in [-0.1, -0.05) is 26.0 Å². The lowest BCUT2D eigenvalue weighted by molar-refractivity contribution is 0.472. The monoisotopic (exact) mass is 276 g/mol. The molecular formula is C18H16N2O. The first-order valence-electron chi connectivity index (χ1n) is 6.77. The second-order valence-electron chi connectivity index (χ2n) is 5.23. The second kappa shape index (κ2) is 6.11. The summed E-state index contributed by atoms with van der Waals surface area (Å²) in [5.41, 5.74) is 2.92. The quantitative estimate of drug-likeness (QED) is 0.819. The molecule has 0 bridgehead atoms. The maximum absolute atomic E-state index is 9.07. The van der Waals surface area contributed by atoms with Crippen LogP contribution in [0.1, 0.15) is 42.0 Å². The summed E-state index contributed by atoms with van der Waals surface area (Å²) in [6, 6.07) is 15.0. The van der Waals surface area contributed by atoms with Gasteiger partial charge in [-0.2, -0.15) is 10.5 Å². The third-order valence-electron chi connectivity index (χ3n) is 3.25. The molecule has 0 radical (unpaired) electrons. The van der Waals surface area contributed by atoms with Gasteiger partial charge in [-0.25, -0.2) is 0 Å². The van der Waals surface area contributed by atoms with Gasteiger partial charge in [0.15, 0.2) is 0 Å². The van der Waals surface area contributed by atoms with Crippen LogP contribution in [0.4, 0.5) is 0 Å². The first kappa shape index (κ1) is 14.6. The van der Waals surface area contributed by atoms with E-state index in [9.17, 15) is 0 Å². The molecule has 21 heavy (non-hydrogen) atoms. The van der Waals surface area contributed by atoms with E-state index in [0.29, 0.717) is 22.8 Å². The molecule has 0 unspecified atom stereocenters. The number of nitrogens with zero attached hydrogens (tertiary/aromatic N) is 2. The van der Waals surface area contributed by atoms with E-state index in [1.807, 2.05) is 25.1 Å². The molecule has 0 saturated carbocycles. The van der Waals surface area contributed by atoms with Crippen molar-refractivity contribution in [2.24, 2.45) is 0 Å². The van der Waals surface area contributed by atoms with Gasteiger partial charge >= 0.3 is 0 Å². The van der Waals surface area contributed by atoms with Crippen LogP contribution in [0, 0.1) is 29.6 Å². The van der Waals surface area contributed by atoms with Crippen LogP contribution >= 0.6 is 0 Å². The van der Waals surface area contributed by atoms with E-state index in [2.05, 4.69) is 26.0 Å². The molecule has 104 valence electrons. The zero-order valence-electron chi connectivity index (χ0n) is 12.3. The van der Waals surface area contributed by atoms with Crippen LogP contribution in [0.15, 0.2) is 36.4 Å². The molecule has 3 nitrogen and oxygen atoms in total. The summed E-state index contributed by atoms with van der Waals surface area (Å²) in [4.78, 5) is 0. The zero-order chi connectivity index (χ0) is 15.4. The number of nitriles is 2. The van der Waals surface area contributed by atoms with Gasteiger partial charge in [0.05, 0.1) is 11.1 Å². The van der Waals surface area contributed by atoms with E-state index in [4.69, 9.17) is 15.3 Å². The third-order valence-corrected chi connectivity index (χ3v) is 3.25. The van der Waals surface area contributed by atoms with E-state index in [1.54, 1.807) is 18.2 Å². The minimum atomic E-state index is 0.328. The predicted octanol–water partition coefficient (Wildman–Crippen LogP) is 4.65. The summed E-state index contributed by atoms with van der Waals surface area (Å²) in [5, 5.41) is 18.0. The molecule has 2 rings (SSSR count). The molecule has 0 saturated heterocycles. The van der Waals surface area contributed by atoms with Crippen molar-refractivity contribution in [2.45, 2.75) is 26.7 Å². The molecule has 0 atom stereocenters. The van der Waals surface area contributed by atoms with Gasteiger partial charge in [-0.05, 0) is 48.2 Å². The van der Waals surface area contributed by atoms with Crippen LogP contribution < -0.4 is 4.74 Å². The minimum absolute atomic E-state index is 0.328. The van der Waals surface area contributed by atoms with Gasteiger partial charge in [0, 0.05) is 0 Å². The number of benzene rings is 2. The molecular weight excluding hydrogens is 260 g/mol. The van der Waals surface area contributed by atoms with Crippen LogP contribution in [-0.4, -0.2) is 0 Å².